The molecule has 0 radical (unpaired) electrons. The highest BCUT2D eigenvalue weighted by Gasteiger charge is 2.21. The first-order valence-corrected chi connectivity index (χ1v) is 9.21. The molecule has 0 aliphatic carbocycles. The number of nitrogens with one attached hydrogen (secondary N) is 1. The fourth-order valence-corrected chi connectivity index (χ4v) is 3.70. The summed E-state index contributed by atoms with van der Waals surface area (Å²) in [5.41, 5.74) is 1.79. The normalized spacial score (nSPS) is 12.8. The van der Waals surface area contributed by atoms with Gasteiger partial charge in [-0.1, -0.05) is 31.6 Å². The lowest BCUT2D eigenvalue weighted by Crippen LogP contribution is -2.30. The second-order valence-corrected chi connectivity index (χ2v) is 7.55. The van der Waals surface area contributed by atoms with Crippen LogP contribution in [0.15, 0.2) is 40.8 Å². The minimum atomic E-state index is -3.45. The van der Waals surface area contributed by atoms with Crippen molar-refractivity contribution in [2.75, 3.05) is 13.1 Å². The Balaban J connectivity index is 2.92. The second kappa shape index (κ2) is 8.26. The van der Waals surface area contributed by atoms with E-state index < -0.39 is 10.0 Å². The van der Waals surface area contributed by atoms with E-state index in [-0.39, 0.29) is 16.8 Å². The maximum atomic E-state index is 12.4. The van der Waals surface area contributed by atoms with Gasteiger partial charge in [-0.25, -0.2) is 8.42 Å². The first-order chi connectivity index (χ1) is 10.7. The Morgan fingerprint density at radius 3 is 2.13 bits per heavy atom. The van der Waals surface area contributed by atoms with Gasteiger partial charge in [0.15, 0.2) is 0 Å². The quantitative estimate of drug-likeness (QED) is 0.777. The molecule has 0 aliphatic rings. The van der Waals surface area contributed by atoms with Gasteiger partial charge in [-0.3, -0.25) is 4.79 Å². The van der Waals surface area contributed by atoms with Gasteiger partial charge in [0, 0.05) is 19.2 Å². The number of amides is 1. The minimum absolute atomic E-state index is 0.155. The minimum Gasteiger partial charge on any atom is -0.346 e. The van der Waals surface area contributed by atoms with Crippen molar-refractivity contribution in [1.29, 1.82) is 0 Å². The predicted molar refractivity (Wildman–Crippen MR) is 92.5 cm³/mol. The average molecular weight is 338 g/mol. The van der Waals surface area contributed by atoms with E-state index in [4.69, 9.17) is 0 Å². The van der Waals surface area contributed by atoms with Crippen molar-refractivity contribution in [2.24, 2.45) is 0 Å². The molecule has 0 aromatic heterocycles. The van der Waals surface area contributed by atoms with E-state index in [0.717, 1.165) is 11.1 Å². The molecule has 1 aromatic carbocycles. The van der Waals surface area contributed by atoms with Crippen LogP contribution in [-0.2, 0) is 14.8 Å². The van der Waals surface area contributed by atoms with E-state index in [2.05, 4.69) is 5.32 Å². The molecule has 0 bridgehead atoms. The van der Waals surface area contributed by atoms with Crippen molar-refractivity contribution in [3.63, 3.8) is 0 Å². The summed E-state index contributed by atoms with van der Waals surface area (Å²) in [6.07, 6.45) is 1.54. The molecule has 1 amide bonds. The van der Waals surface area contributed by atoms with Gasteiger partial charge < -0.3 is 5.32 Å². The SMILES string of the molecule is CCN(CC)S(=O)(=O)c1ccc([C@@H](C)NC(=O)C=C(C)C)cc1. The standard InChI is InChI=1S/C17H26N2O3S/c1-6-19(7-2)23(21,22)16-10-8-15(9-11-16)14(5)18-17(20)12-13(3)4/h8-12,14H,6-7H2,1-5H3,(H,18,20)/t14-/m1/s1. The maximum absolute atomic E-state index is 12.4. The summed E-state index contributed by atoms with van der Waals surface area (Å²) < 4.78 is 26.3. The molecular weight excluding hydrogens is 312 g/mol. The lowest BCUT2D eigenvalue weighted by atomic mass is 10.1. The van der Waals surface area contributed by atoms with Gasteiger partial charge in [0.2, 0.25) is 15.9 Å². The largest absolute Gasteiger partial charge is 0.346 e. The topological polar surface area (TPSA) is 66.5 Å². The molecule has 0 saturated carbocycles. The second-order valence-electron chi connectivity index (χ2n) is 5.61. The summed E-state index contributed by atoms with van der Waals surface area (Å²) >= 11 is 0. The summed E-state index contributed by atoms with van der Waals surface area (Å²) in [6.45, 7) is 10.1. The van der Waals surface area contributed by atoms with Crippen molar-refractivity contribution in [2.45, 2.75) is 45.6 Å². The Kier molecular flexibility index (Phi) is 6.97. The third-order valence-electron chi connectivity index (χ3n) is 3.50. The van der Waals surface area contributed by atoms with Gasteiger partial charge in [-0.05, 0) is 38.5 Å². The average Bonchev–Trinajstić information content (AvgIpc) is 2.47. The number of rotatable bonds is 7. The van der Waals surface area contributed by atoms with Crippen LogP contribution in [0.1, 0.15) is 46.2 Å². The Morgan fingerprint density at radius 1 is 1.17 bits per heavy atom. The highest BCUT2D eigenvalue weighted by Crippen LogP contribution is 2.19. The fraction of sp³-hybridized carbons (Fsp3) is 0.471. The Bertz CT molecular complexity index is 656. The van der Waals surface area contributed by atoms with Crippen LogP contribution in [0.3, 0.4) is 0 Å². The summed E-state index contributed by atoms with van der Waals surface area (Å²) in [6, 6.07) is 6.47. The highest BCUT2D eigenvalue weighted by molar-refractivity contribution is 7.89. The van der Waals surface area contributed by atoms with Crippen molar-refractivity contribution in [3.8, 4) is 0 Å². The molecule has 5 nitrogen and oxygen atoms in total. The van der Waals surface area contributed by atoms with Gasteiger partial charge in [0.25, 0.3) is 0 Å². The molecule has 6 heteroatoms. The summed E-state index contributed by atoms with van der Waals surface area (Å²) in [5.74, 6) is -0.155. The van der Waals surface area contributed by atoms with Crippen LogP contribution in [0.25, 0.3) is 0 Å². The molecule has 1 rings (SSSR count). The lowest BCUT2D eigenvalue weighted by molar-refractivity contribution is -0.117. The van der Waals surface area contributed by atoms with E-state index in [9.17, 15) is 13.2 Å². The molecule has 0 saturated heterocycles. The van der Waals surface area contributed by atoms with Gasteiger partial charge in [0.05, 0.1) is 10.9 Å². The molecule has 0 fully saturated rings. The first-order valence-electron chi connectivity index (χ1n) is 7.77. The number of nitrogens with zero attached hydrogens (tertiary/aromatic N) is 1. The van der Waals surface area contributed by atoms with Crippen LogP contribution < -0.4 is 5.32 Å². The molecule has 0 aliphatic heterocycles. The lowest BCUT2D eigenvalue weighted by Gasteiger charge is -2.19. The number of sulfonamides is 1. The van der Waals surface area contributed by atoms with Crippen molar-refractivity contribution in [3.05, 3.63) is 41.5 Å². The Morgan fingerprint density at radius 2 is 1.70 bits per heavy atom. The van der Waals surface area contributed by atoms with Crippen LogP contribution in [0, 0.1) is 0 Å². The molecular formula is C17H26N2O3S. The van der Waals surface area contributed by atoms with Crippen molar-refractivity contribution in [1.82, 2.24) is 9.62 Å². The van der Waals surface area contributed by atoms with E-state index in [0.29, 0.717) is 13.1 Å². The maximum Gasteiger partial charge on any atom is 0.244 e. The van der Waals surface area contributed by atoms with Crippen LogP contribution in [0.2, 0.25) is 0 Å². The van der Waals surface area contributed by atoms with Gasteiger partial charge >= 0.3 is 0 Å². The molecule has 0 spiro atoms. The smallest absolute Gasteiger partial charge is 0.244 e. The molecule has 1 aromatic rings. The van der Waals surface area contributed by atoms with Crippen LogP contribution in [0.5, 0.6) is 0 Å². The zero-order valence-electron chi connectivity index (χ0n) is 14.5. The van der Waals surface area contributed by atoms with Crippen LogP contribution in [0.4, 0.5) is 0 Å². The molecule has 0 heterocycles. The van der Waals surface area contributed by atoms with Crippen molar-refractivity contribution < 1.29 is 13.2 Å². The Labute approximate surface area is 139 Å². The highest BCUT2D eigenvalue weighted by atomic mass is 32.2. The van der Waals surface area contributed by atoms with Gasteiger partial charge in [0.1, 0.15) is 0 Å². The van der Waals surface area contributed by atoms with Crippen molar-refractivity contribution >= 4 is 15.9 Å². The molecule has 128 valence electrons. The molecule has 1 N–H and O–H groups in total. The summed E-state index contributed by atoms with van der Waals surface area (Å²) in [5, 5.41) is 2.86. The van der Waals surface area contributed by atoms with Crippen LogP contribution in [-0.4, -0.2) is 31.7 Å². The van der Waals surface area contributed by atoms with E-state index in [1.54, 1.807) is 24.3 Å². The van der Waals surface area contributed by atoms with E-state index in [1.165, 1.54) is 10.4 Å². The van der Waals surface area contributed by atoms with E-state index >= 15 is 0 Å². The predicted octanol–water partition coefficient (Wildman–Crippen LogP) is 2.86. The van der Waals surface area contributed by atoms with E-state index in [1.807, 2.05) is 34.6 Å². The summed E-state index contributed by atoms with van der Waals surface area (Å²) in [7, 11) is -3.45. The monoisotopic (exact) mass is 338 g/mol. The number of hydrogen-bond donors (Lipinski definition) is 1. The van der Waals surface area contributed by atoms with Gasteiger partial charge in [-0.15, -0.1) is 0 Å². The first kappa shape index (κ1) is 19.4. The third-order valence-corrected chi connectivity index (χ3v) is 5.57. The zero-order chi connectivity index (χ0) is 17.6. The molecule has 1 atom stereocenters. The fourth-order valence-electron chi connectivity index (χ4n) is 2.24. The molecule has 0 unspecified atom stereocenters. The third kappa shape index (κ3) is 5.18. The zero-order valence-corrected chi connectivity index (χ0v) is 15.3. The number of benzene rings is 1. The van der Waals surface area contributed by atoms with Crippen LogP contribution >= 0.6 is 0 Å². The Hall–Kier alpha value is -1.66. The number of carbonyl (C=O) groups is 1. The number of carbonyl (C=O) groups excluding carboxylic acids is 1. The van der Waals surface area contributed by atoms with Gasteiger partial charge in [-0.2, -0.15) is 4.31 Å². The number of hydrogen-bond acceptors (Lipinski definition) is 3. The molecule has 23 heavy (non-hydrogen) atoms. The number of allylic oxidation sites excluding steroid dienone is 1. The summed E-state index contributed by atoms with van der Waals surface area (Å²) in [4.78, 5) is 12.0.